The topological polar surface area (TPSA) is 75.3 Å². The number of amides is 1. The van der Waals surface area contributed by atoms with Gasteiger partial charge >= 0.3 is 0 Å². The maximum Gasteiger partial charge on any atom is 0.251 e. The SMILES string of the molecule is CCC(NC(=O)c1ccc(S(=O)(=O)NCCc2cccs2)cc1)C(C)C. The summed E-state index contributed by atoms with van der Waals surface area (Å²) in [5, 5.41) is 4.96. The summed E-state index contributed by atoms with van der Waals surface area (Å²) in [5.41, 5.74) is 0.460. The highest BCUT2D eigenvalue weighted by atomic mass is 32.2. The van der Waals surface area contributed by atoms with Crippen LogP contribution in [0, 0.1) is 5.92 Å². The molecule has 1 atom stereocenters. The number of nitrogens with one attached hydrogen (secondary N) is 2. The Morgan fingerprint density at radius 3 is 2.38 bits per heavy atom. The zero-order valence-corrected chi connectivity index (χ0v) is 17.0. The molecule has 0 bridgehead atoms. The fourth-order valence-electron chi connectivity index (χ4n) is 2.62. The van der Waals surface area contributed by atoms with Gasteiger partial charge in [0.1, 0.15) is 0 Å². The first-order valence-corrected chi connectivity index (χ1v) is 11.1. The third-order valence-electron chi connectivity index (χ3n) is 4.23. The molecule has 0 saturated heterocycles. The largest absolute Gasteiger partial charge is 0.349 e. The summed E-state index contributed by atoms with van der Waals surface area (Å²) in [6.07, 6.45) is 1.51. The molecule has 1 amide bonds. The van der Waals surface area contributed by atoms with Crippen molar-refractivity contribution in [2.45, 2.75) is 44.6 Å². The van der Waals surface area contributed by atoms with Crippen molar-refractivity contribution in [3.8, 4) is 0 Å². The fourth-order valence-corrected chi connectivity index (χ4v) is 4.36. The third-order valence-corrected chi connectivity index (χ3v) is 6.64. The van der Waals surface area contributed by atoms with Gasteiger partial charge in [0.2, 0.25) is 10.0 Å². The first kappa shape index (κ1) is 20.6. The average molecular weight is 395 g/mol. The highest BCUT2D eigenvalue weighted by Gasteiger charge is 2.17. The number of benzene rings is 1. The van der Waals surface area contributed by atoms with Crippen LogP contribution in [-0.2, 0) is 16.4 Å². The number of rotatable bonds is 9. The van der Waals surface area contributed by atoms with Crippen molar-refractivity contribution in [2.24, 2.45) is 5.92 Å². The molecule has 142 valence electrons. The van der Waals surface area contributed by atoms with E-state index in [0.29, 0.717) is 24.4 Å². The number of hydrogen-bond donors (Lipinski definition) is 2. The predicted molar refractivity (Wildman–Crippen MR) is 106 cm³/mol. The lowest BCUT2D eigenvalue weighted by atomic mass is 10.0. The summed E-state index contributed by atoms with van der Waals surface area (Å²) in [6.45, 7) is 6.50. The molecule has 1 aromatic carbocycles. The number of carbonyl (C=O) groups is 1. The third kappa shape index (κ3) is 5.65. The fraction of sp³-hybridized carbons (Fsp3) is 0.421. The van der Waals surface area contributed by atoms with E-state index in [-0.39, 0.29) is 16.8 Å². The molecule has 0 saturated carbocycles. The number of sulfonamides is 1. The second-order valence-corrected chi connectivity index (χ2v) is 9.28. The van der Waals surface area contributed by atoms with Crippen molar-refractivity contribution >= 4 is 27.3 Å². The Morgan fingerprint density at radius 2 is 1.85 bits per heavy atom. The molecule has 2 aromatic rings. The lowest BCUT2D eigenvalue weighted by Gasteiger charge is -2.20. The summed E-state index contributed by atoms with van der Waals surface area (Å²) in [6, 6.07) is 10.1. The molecular weight excluding hydrogens is 368 g/mol. The van der Waals surface area contributed by atoms with Crippen LogP contribution in [0.1, 0.15) is 42.4 Å². The number of carbonyl (C=O) groups excluding carboxylic acids is 1. The highest BCUT2D eigenvalue weighted by molar-refractivity contribution is 7.89. The van der Waals surface area contributed by atoms with Gasteiger partial charge in [0.05, 0.1) is 4.90 Å². The van der Waals surface area contributed by atoms with Gasteiger partial charge in [-0.25, -0.2) is 13.1 Å². The minimum atomic E-state index is -3.57. The minimum absolute atomic E-state index is 0.102. The zero-order valence-electron chi connectivity index (χ0n) is 15.4. The van der Waals surface area contributed by atoms with Crippen molar-refractivity contribution in [1.29, 1.82) is 0 Å². The van der Waals surface area contributed by atoms with Crippen LogP contribution < -0.4 is 10.0 Å². The van der Waals surface area contributed by atoms with E-state index in [2.05, 4.69) is 23.9 Å². The van der Waals surface area contributed by atoms with Crippen LogP contribution in [0.2, 0.25) is 0 Å². The minimum Gasteiger partial charge on any atom is -0.349 e. The second-order valence-electron chi connectivity index (χ2n) is 6.48. The standard InChI is InChI=1S/C19H26N2O3S2/c1-4-18(14(2)3)21-19(22)15-7-9-17(10-8-15)26(23,24)20-12-11-16-6-5-13-25-16/h5-10,13-14,18,20H,4,11-12H2,1-3H3,(H,21,22). The summed E-state index contributed by atoms with van der Waals surface area (Å²) >= 11 is 1.60. The predicted octanol–water partition coefficient (Wildman–Crippen LogP) is 3.43. The van der Waals surface area contributed by atoms with Gasteiger partial charge in [-0.1, -0.05) is 26.8 Å². The second kappa shape index (κ2) is 9.30. The van der Waals surface area contributed by atoms with Crippen molar-refractivity contribution in [3.05, 3.63) is 52.2 Å². The molecule has 1 heterocycles. The summed E-state index contributed by atoms with van der Waals surface area (Å²) in [7, 11) is -3.57. The Hall–Kier alpha value is -1.70. The Kier molecular flexibility index (Phi) is 7.37. The van der Waals surface area contributed by atoms with Crippen LogP contribution in [0.4, 0.5) is 0 Å². The smallest absolute Gasteiger partial charge is 0.251 e. The van der Waals surface area contributed by atoms with Crippen LogP contribution >= 0.6 is 11.3 Å². The molecule has 5 nitrogen and oxygen atoms in total. The number of hydrogen-bond acceptors (Lipinski definition) is 4. The Balaban J connectivity index is 1.97. The summed E-state index contributed by atoms with van der Waals surface area (Å²) < 4.78 is 27.3. The molecule has 0 aliphatic rings. The van der Waals surface area contributed by atoms with Gasteiger partial charge in [-0.15, -0.1) is 11.3 Å². The van der Waals surface area contributed by atoms with Gasteiger partial charge in [0.15, 0.2) is 0 Å². The van der Waals surface area contributed by atoms with E-state index in [9.17, 15) is 13.2 Å². The summed E-state index contributed by atoms with van der Waals surface area (Å²) in [5.74, 6) is 0.163. The molecule has 0 spiro atoms. The van der Waals surface area contributed by atoms with Gasteiger partial charge in [0.25, 0.3) is 5.91 Å². The lowest BCUT2D eigenvalue weighted by Crippen LogP contribution is -2.38. The molecule has 0 fully saturated rings. The Morgan fingerprint density at radius 1 is 1.15 bits per heavy atom. The molecule has 7 heteroatoms. The van der Waals surface area contributed by atoms with E-state index >= 15 is 0 Å². The molecule has 2 rings (SSSR count). The molecule has 0 aliphatic heterocycles. The van der Waals surface area contributed by atoms with E-state index in [0.717, 1.165) is 11.3 Å². The van der Waals surface area contributed by atoms with Gasteiger partial charge < -0.3 is 5.32 Å². The normalized spacial score (nSPS) is 12.9. The number of thiophene rings is 1. The molecule has 26 heavy (non-hydrogen) atoms. The molecule has 1 aromatic heterocycles. The van der Waals surface area contributed by atoms with E-state index in [1.807, 2.05) is 24.4 Å². The molecular formula is C19H26N2O3S2. The van der Waals surface area contributed by atoms with E-state index in [1.165, 1.54) is 12.1 Å². The van der Waals surface area contributed by atoms with Crippen LogP contribution in [-0.4, -0.2) is 26.9 Å². The van der Waals surface area contributed by atoms with Crippen LogP contribution in [0.25, 0.3) is 0 Å². The lowest BCUT2D eigenvalue weighted by molar-refractivity contribution is 0.0924. The van der Waals surface area contributed by atoms with Gasteiger partial charge in [-0.3, -0.25) is 4.79 Å². The zero-order chi connectivity index (χ0) is 19.2. The van der Waals surface area contributed by atoms with Crippen molar-refractivity contribution in [2.75, 3.05) is 6.54 Å². The average Bonchev–Trinajstić information content (AvgIpc) is 3.12. The molecule has 0 radical (unpaired) electrons. The Labute approximate surface area is 159 Å². The van der Waals surface area contributed by atoms with Crippen LogP contribution in [0.3, 0.4) is 0 Å². The van der Waals surface area contributed by atoms with Crippen LogP contribution in [0.5, 0.6) is 0 Å². The monoisotopic (exact) mass is 394 g/mol. The van der Waals surface area contributed by atoms with Crippen LogP contribution in [0.15, 0.2) is 46.7 Å². The maximum absolute atomic E-state index is 12.3. The molecule has 1 unspecified atom stereocenters. The quantitative estimate of drug-likeness (QED) is 0.684. The van der Waals surface area contributed by atoms with Gasteiger partial charge in [-0.2, -0.15) is 0 Å². The summed E-state index contributed by atoms with van der Waals surface area (Å²) in [4.78, 5) is 13.6. The van der Waals surface area contributed by atoms with E-state index in [1.54, 1.807) is 23.5 Å². The van der Waals surface area contributed by atoms with E-state index < -0.39 is 10.0 Å². The maximum atomic E-state index is 12.3. The highest BCUT2D eigenvalue weighted by Crippen LogP contribution is 2.13. The molecule has 2 N–H and O–H groups in total. The van der Waals surface area contributed by atoms with Crippen molar-refractivity contribution in [3.63, 3.8) is 0 Å². The molecule has 0 aliphatic carbocycles. The van der Waals surface area contributed by atoms with Crippen molar-refractivity contribution in [1.82, 2.24) is 10.0 Å². The first-order chi connectivity index (χ1) is 12.3. The van der Waals surface area contributed by atoms with Gasteiger partial charge in [0, 0.05) is 23.0 Å². The van der Waals surface area contributed by atoms with Crippen molar-refractivity contribution < 1.29 is 13.2 Å². The van der Waals surface area contributed by atoms with E-state index in [4.69, 9.17) is 0 Å². The van der Waals surface area contributed by atoms with Gasteiger partial charge in [-0.05, 0) is 54.5 Å². The Bertz CT molecular complexity index is 798. The first-order valence-electron chi connectivity index (χ1n) is 8.76.